The first-order valence-corrected chi connectivity index (χ1v) is 11.1. The second-order valence-electron chi connectivity index (χ2n) is 8.00. The van der Waals surface area contributed by atoms with Crippen molar-refractivity contribution in [3.05, 3.63) is 88.1 Å². The van der Waals surface area contributed by atoms with E-state index < -0.39 is 11.7 Å². The summed E-state index contributed by atoms with van der Waals surface area (Å²) in [7, 11) is 0. The maximum Gasteiger partial charge on any atom is 0.416 e. The zero-order valence-corrected chi connectivity index (χ0v) is 19.0. The summed E-state index contributed by atoms with van der Waals surface area (Å²) in [5.41, 5.74) is 0.917. The third-order valence-electron chi connectivity index (χ3n) is 5.41. The second kappa shape index (κ2) is 10.6. The molecule has 34 heavy (non-hydrogen) atoms. The lowest BCUT2D eigenvalue weighted by Crippen LogP contribution is -2.40. The molecule has 0 unspecified atom stereocenters. The summed E-state index contributed by atoms with van der Waals surface area (Å²) in [4.78, 5) is 20.5. The Morgan fingerprint density at radius 2 is 1.74 bits per heavy atom. The lowest BCUT2D eigenvalue weighted by atomic mass is 10.1. The minimum Gasteiger partial charge on any atom is -0.447 e. The van der Waals surface area contributed by atoms with Crippen LogP contribution in [0.5, 0.6) is 0 Å². The number of alkyl halides is 3. The molecular weight excluding hydrogens is 471 g/mol. The van der Waals surface area contributed by atoms with Crippen LogP contribution in [0.25, 0.3) is 0 Å². The summed E-state index contributed by atoms with van der Waals surface area (Å²) in [6.45, 7) is 2.77. The van der Waals surface area contributed by atoms with Crippen LogP contribution in [-0.2, 0) is 30.5 Å². The van der Waals surface area contributed by atoms with Crippen LogP contribution in [-0.4, -0.2) is 47.0 Å². The zero-order valence-electron chi connectivity index (χ0n) is 18.2. The van der Waals surface area contributed by atoms with E-state index in [1.165, 1.54) is 12.3 Å². The lowest BCUT2D eigenvalue weighted by Gasteiger charge is -2.25. The number of amides is 1. The molecule has 1 aliphatic rings. The van der Waals surface area contributed by atoms with Gasteiger partial charge in [-0.2, -0.15) is 13.2 Å². The van der Waals surface area contributed by atoms with Gasteiger partial charge in [-0.3, -0.25) is 9.69 Å². The highest BCUT2D eigenvalue weighted by molar-refractivity contribution is 6.30. The van der Waals surface area contributed by atoms with Crippen LogP contribution in [0.4, 0.5) is 13.2 Å². The summed E-state index contributed by atoms with van der Waals surface area (Å²) in [6, 6.07) is 12.4. The van der Waals surface area contributed by atoms with Crippen molar-refractivity contribution >= 4 is 17.5 Å². The third kappa shape index (κ3) is 6.37. The van der Waals surface area contributed by atoms with Gasteiger partial charge in [-0.05, 0) is 29.3 Å². The summed E-state index contributed by atoms with van der Waals surface area (Å²) in [5.74, 6) is 0.0676. The SMILES string of the molecule is O=C(c1coc(CN(Cc2ccc(Cl)cc2)Cc2cccc(C(F)(F)F)c2)n1)N1CCOCC1. The molecule has 180 valence electrons. The van der Waals surface area contributed by atoms with Gasteiger partial charge in [-0.25, -0.2) is 4.98 Å². The number of hydrogen-bond donors (Lipinski definition) is 0. The van der Waals surface area contributed by atoms with Crippen LogP contribution in [0, 0.1) is 0 Å². The Morgan fingerprint density at radius 1 is 1.03 bits per heavy atom. The topological polar surface area (TPSA) is 58.8 Å². The minimum absolute atomic E-state index is 0.197. The van der Waals surface area contributed by atoms with Gasteiger partial charge in [0, 0.05) is 31.2 Å². The maximum atomic E-state index is 13.2. The Balaban J connectivity index is 1.52. The first-order chi connectivity index (χ1) is 16.3. The van der Waals surface area contributed by atoms with E-state index in [1.54, 1.807) is 23.1 Å². The van der Waals surface area contributed by atoms with Crippen LogP contribution in [0.15, 0.2) is 59.2 Å². The monoisotopic (exact) mass is 493 g/mol. The predicted molar refractivity (Wildman–Crippen MR) is 119 cm³/mol. The molecule has 3 aromatic rings. The largest absolute Gasteiger partial charge is 0.447 e. The van der Waals surface area contributed by atoms with Gasteiger partial charge >= 0.3 is 6.18 Å². The van der Waals surface area contributed by atoms with Crippen molar-refractivity contribution in [2.45, 2.75) is 25.8 Å². The predicted octanol–water partition coefficient (Wildman–Crippen LogP) is 5.02. The molecule has 1 amide bonds. The van der Waals surface area contributed by atoms with Gasteiger partial charge in [0.15, 0.2) is 5.69 Å². The number of oxazole rings is 1. The third-order valence-corrected chi connectivity index (χ3v) is 5.66. The van der Waals surface area contributed by atoms with Gasteiger partial charge in [-0.15, -0.1) is 0 Å². The molecule has 10 heteroatoms. The standard InChI is InChI=1S/C24H23ClF3N3O3/c25-20-6-4-17(5-7-20)13-30(14-18-2-1-3-19(12-18)24(26,27)28)15-22-29-21(16-34-22)23(32)31-8-10-33-11-9-31/h1-7,12,16H,8-11,13-15H2. The second-order valence-corrected chi connectivity index (χ2v) is 8.44. The fourth-order valence-corrected chi connectivity index (χ4v) is 3.85. The van der Waals surface area contributed by atoms with Gasteiger partial charge < -0.3 is 14.1 Å². The van der Waals surface area contributed by atoms with Crippen LogP contribution >= 0.6 is 11.6 Å². The van der Waals surface area contributed by atoms with E-state index in [2.05, 4.69) is 4.98 Å². The van der Waals surface area contributed by atoms with E-state index in [0.29, 0.717) is 49.3 Å². The number of nitrogens with zero attached hydrogens (tertiary/aromatic N) is 3. The van der Waals surface area contributed by atoms with Crippen molar-refractivity contribution in [2.24, 2.45) is 0 Å². The molecule has 0 spiro atoms. The molecule has 1 saturated heterocycles. The van der Waals surface area contributed by atoms with Crippen LogP contribution in [0.2, 0.25) is 5.02 Å². The van der Waals surface area contributed by atoms with E-state index in [4.69, 9.17) is 20.8 Å². The van der Waals surface area contributed by atoms with Crippen molar-refractivity contribution in [3.8, 4) is 0 Å². The minimum atomic E-state index is -4.42. The van der Waals surface area contributed by atoms with Gasteiger partial charge in [0.05, 0.1) is 25.3 Å². The molecule has 1 fully saturated rings. The molecular formula is C24H23ClF3N3O3. The molecule has 6 nitrogen and oxygen atoms in total. The Labute approximate surface area is 199 Å². The fourth-order valence-electron chi connectivity index (χ4n) is 3.72. The first kappa shape index (κ1) is 24.3. The Kier molecular flexibility index (Phi) is 7.55. The average molecular weight is 494 g/mol. The van der Waals surface area contributed by atoms with E-state index >= 15 is 0 Å². The van der Waals surface area contributed by atoms with Crippen molar-refractivity contribution < 1.29 is 27.1 Å². The molecule has 0 bridgehead atoms. The zero-order chi connectivity index (χ0) is 24.1. The van der Waals surface area contributed by atoms with E-state index in [9.17, 15) is 18.0 Å². The Morgan fingerprint density at radius 3 is 2.44 bits per heavy atom. The van der Waals surface area contributed by atoms with Crippen LogP contribution in [0.1, 0.15) is 33.1 Å². The van der Waals surface area contributed by atoms with Gasteiger partial charge in [0.2, 0.25) is 5.89 Å². The highest BCUT2D eigenvalue weighted by Gasteiger charge is 2.30. The number of ether oxygens (including phenoxy) is 1. The molecule has 1 aliphatic heterocycles. The normalized spacial score (nSPS) is 14.6. The quantitative estimate of drug-likeness (QED) is 0.462. The molecule has 0 atom stereocenters. The smallest absolute Gasteiger partial charge is 0.416 e. The Hall–Kier alpha value is -2.88. The summed E-state index contributed by atoms with van der Waals surface area (Å²) < 4.78 is 50.3. The molecule has 2 heterocycles. The van der Waals surface area contributed by atoms with E-state index in [1.807, 2.05) is 17.0 Å². The number of aromatic nitrogens is 1. The Bertz CT molecular complexity index is 1110. The van der Waals surface area contributed by atoms with Gasteiger partial charge in [-0.1, -0.05) is 41.9 Å². The average Bonchev–Trinajstić information content (AvgIpc) is 3.28. The van der Waals surface area contributed by atoms with Crippen molar-refractivity contribution in [1.29, 1.82) is 0 Å². The van der Waals surface area contributed by atoms with Crippen molar-refractivity contribution in [1.82, 2.24) is 14.8 Å². The fraction of sp³-hybridized carbons (Fsp3) is 0.333. The summed E-state index contributed by atoms with van der Waals surface area (Å²) >= 11 is 5.98. The van der Waals surface area contributed by atoms with Gasteiger partial charge in [0.25, 0.3) is 5.91 Å². The molecule has 0 radical (unpaired) electrons. The highest BCUT2D eigenvalue weighted by atomic mass is 35.5. The molecule has 1 aromatic heterocycles. The van der Waals surface area contributed by atoms with Crippen LogP contribution < -0.4 is 0 Å². The number of benzene rings is 2. The molecule has 4 rings (SSSR count). The number of hydrogen-bond acceptors (Lipinski definition) is 5. The molecule has 0 N–H and O–H groups in total. The summed E-state index contributed by atoms with van der Waals surface area (Å²) in [6.07, 6.45) is -3.10. The summed E-state index contributed by atoms with van der Waals surface area (Å²) in [5, 5.41) is 0.590. The number of carbonyl (C=O) groups excluding carboxylic acids is 1. The number of morpholine rings is 1. The number of rotatable bonds is 7. The number of halogens is 4. The van der Waals surface area contributed by atoms with Gasteiger partial charge in [0.1, 0.15) is 6.26 Å². The lowest BCUT2D eigenvalue weighted by molar-refractivity contribution is -0.137. The molecule has 0 saturated carbocycles. The van der Waals surface area contributed by atoms with Crippen LogP contribution in [0.3, 0.4) is 0 Å². The molecule has 2 aromatic carbocycles. The molecule has 0 aliphatic carbocycles. The van der Waals surface area contributed by atoms with E-state index in [-0.39, 0.29) is 24.7 Å². The van der Waals surface area contributed by atoms with E-state index in [0.717, 1.165) is 17.7 Å². The maximum absolute atomic E-state index is 13.2. The highest BCUT2D eigenvalue weighted by Crippen LogP contribution is 2.30. The number of carbonyl (C=O) groups is 1. The first-order valence-electron chi connectivity index (χ1n) is 10.7. The van der Waals surface area contributed by atoms with Crippen molar-refractivity contribution in [2.75, 3.05) is 26.3 Å². The van der Waals surface area contributed by atoms with Crippen molar-refractivity contribution in [3.63, 3.8) is 0 Å².